The Hall–Kier alpha value is -2.33. The number of aliphatic hydroxyl groups is 1. The van der Waals surface area contributed by atoms with Gasteiger partial charge in [-0.15, -0.1) is 0 Å². The zero-order chi connectivity index (χ0) is 18.4. The van der Waals surface area contributed by atoms with E-state index in [0.717, 1.165) is 11.1 Å². The molecule has 0 bridgehead atoms. The average Bonchev–Trinajstić information content (AvgIpc) is 2.55. The molecule has 2 amide bonds. The topological polar surface area (TPSA) is 52.6 Å². The van der Waals surface area contributed by atoms with Crippen LogP contribution in [0, 0.1) is 0 Å². The van der Waals surface area contributed by atoms with E-state index < -0.39 is 5.60 Å². The van der Waals surface area contributed by atoms with Crippen molar-refractivity contribution in [3.05, 3.63) is 71.8 Å². The van der Waals surface area contributed by atoms with Gasteiger partial charge in [-0.1, -0.05) is 60.7 Å². The predicted octanol–water partition coefficient (Wildman–Crippen LogP) is 3.62. The number of hydrogen-bond acceptors (Lipinski definition) is 2. The van der Waals surface area contributed by atoms with Gasteiger partial charge >= 0.3 is 6.03 Å². The third kappa shape index (κ3) is 5.61. The van der Waals surface area contributed by atoms with Gasteiger partial charge in [0.1, 0.15) is 0 Å². The van der Waals surface area contributed by atoms with E-state index in [4.69, 9.17) is 0 Å². The first kappa shape index (κ1) is 19.0. The number of carbonyl (C=O) groups excluding carboxylic acids is 1. The van der Waals surface area contributed by atoms with Crippen LogP contribution in [-0.4, -0.2) is 41.3 Å². The molecule has 2 aromatic carbocycles. The molecular weight excluding hydrogens is 312 g/mol. The van der Waals surface area contributed by atoms with Gasteiger partial charge in [-0.2, -0.15) is 0 Å². The molecule has 1 atom stereocenters. The third-order valence-corrected chi connectivity index (χ3v) is 4.14. The van der Waals surface area contributed by atoms with Gasteiger partial charge in [-0.05, 0) is 31.9 Å². The molecule has 2 aromatic rings. The Morgan fingerprint density at radius 2 is 1.48 bits per heavy atom. The van der Waals surface area contributed by atoms with E-state index in [2.05, 4.69) is 29.6 Å². The summed E-state index contributed by atoms with van der Waals surface area (Å²) < 4.78 is 0. The van der Waals surface area contributed by atoms with Gasteiger partial charge in [-0.3, -0.25) is 0 Å². The van der Waals surface area contributed by atoms with Crippen LogP contribution in [0.2, 0.25) is 0 Å². The zero-order valence-electron chi connectivity index (χ0n) is 15.4. The summed E-state index contributed by atoms with van der Waals surface area (Å²) in [7, 11) is 1.69. The van der Waals surface area contributed by atoms with Crippen molar-refractivity contribution >= 4 is 6.03 Å². The first-order valence-corrected chi connectivity index (χ1v) is 8.62. The average molecular weight is 340 g/mol. The smallest absolute Gasteiger partial charge is 0.317 e. The van der Waals surface area contributed by atoms with Crippen LogP contribution in [-0.2, 0) is 0 Å². The van der Waals surface area contributed by atoms with Crippen molar-refractivity contribution in [1.82, 2.24) is 10.2 Å². The molecule has 0 saturated heterocycles. The summed E-state index contributed by atoms with van der Waals surface area (Å²) in [6.07, 6.45) is 0. The van der Waals surface area contributed by atoms with Crippen LogP contribution in [0.25, 0.3) is 0 Å². The maximum Gasteiger partial charge on any atom is 0.317 e. The number of benzene rings is 2. The quantitative estimate of drug-likeness (QED) is 0.844. The Morgan fingerprint density at radius 3 is 1.88 bits per heavy atom. The molecule has 4 nitrogen and oxygen atoms in total. The summed E-state index contributed by atoms with van der Waals surface area (Å²) >= 11 is 0. The molecule has 1 unspecified atom stereocenters. The molecule has 0 aromatic heterocycles. The second-order valence-corrected chi connectivity index (χ2v) is 7.21. The summed E-state index contributed by atoms with van der Waals surface area (Å²) in [4.78, 5) is 14.0. The van der Waals surface area contributed by atoms with E-state index in [9.17, 15) is 9.90 Å². The molecule has 0 spiro atoms. The van der Waals surface area contributed by atoms with Gasteiger partial charge in [0, 0.05) is 19.0 Å². The lowest BCUT2D eigenvalue weighted by atomic mass is 9.86. The van der Waals surface area contributed by atoms with Gasteiger partial charge in [0.15, 0.2) is 0 Å². The lowest BCUT2D eigenvalue weighted by molar-refractivity contribution is 0.0528. The van der Waals surface area contributed by atoms with Gasteiger partial charge in [0.2, 0.25) is 0 Å². The van der Waals surface area contributed by atoms with Crippen molar-refractivity contribution in [2.24, 2.45) is 0 Å². The number of amides is 2. The SMILES string of the molecule is CC(NC(=O)N(C)CC(C)(C)O)C(c1ccccc1)c1ccccc1. The maximum atomic E-state index is 12.5. The summed E-state index contributed by atoms with van der Waals surface area (Å²) in [6.45, 7) is 5.67. The van der Waals surface area contributed by atoms with Crippen LogP contribution in [0.1, 0.15) is 37.8 Å². The van der Waals surface area contributed by atoms with Crippen LogP contribution < -0.4 is 5.32 Å². The number of carbonyl (C=O) groups is 1. The molecule has 25 heavy (non-hydrogen) atoms. The number of rotatable bonds is 6. The molecule has 134 valence electrons. The van der Waals surface area contributed by atoms with Crippen LogP contribution in [0.5, 0.6) is 0 Å². The second-order valence-electron chi connectivity index (χ2n) is 7.21. The molecule has 2 rings (SSSR count). The highest BCUT2D eigenvalue weighted by Crippen LogP contribution is 2.28. The molecule has 0 heterocycles. The molecule has 0 fully saturated rings. The highest BCUT2D eigenvalue weighted by molar-refractivity contribution is 5.74. The molecule has 0 aliphatic rings. The van der Waals surface area contributed by atoms with Crippen LogP contribution in [0.3, 0.4) is 0 Å². The Kier molecular flexibility index (Phi) is 6.21. The summed E-state index contributed by atoms with van der Waals surface area (Å²) in [5.74, 6) is 0.0573. The Morgan fingerprint density at radius 1 is 1.04 bits per heavy atom. The van der Waals surface area contributed by atoms with Crippen molar-refractivity contribution in [2.45, 2.75) is 38.3 Å². The Bertz CT molecular complexity index is 626. The number of nitrogens with one attached hydrogen (secondary N) is 1. The standard InChI is InChI=1S/C21H28N2O2/c1-16(22-20(24)23(4)15-21(2,3)25)19(17-11-7-5-8-12-17)18-13-9-6-10-14-18/h5-14,16,19,25H,15H2,1-4H3,(H,22,24). The lowest BCUT2D eigenvalue weighted by Crippen LogP contribution is -2.48. The molecule has 0 aliphatic carbocycles. The highest BCUT2D eigenvalue weighted by Gasteiger charge is 2.25. The largest absolute Gasteiger partial charge is 0.389 e. The first-order chi connectivity index (χ1) is 11.8. The fourth-order valence-corrected chi connectivity index (χ4v) is 3.13. The number of nitrogens with zero attached hydrogens (tertiary/aromatic N) is 1. The molecule has 0 radical (unpaired) electrons. The monoisotopic (exact) mass is 340 g/mol. The molecular formula is C21H28N2O2. The van der Waals surface area contributed by atoms with E-state index >= 15 is 0 Å². The van der Waals surface area contributed by atoms with E-state index in [0.29, 0.717) is 0 Å². The first-order valence-electron chi connectivity index (χ1n) is 8.62. The maximum absolute atomic E-state index is 12.5. The van der Waals surface area contributed by atoms with Gasteiger partial charge < -0.3 is 15.3 Å². The third-order valence-electron chi connectivity index (χ3n) is 4.14. The predicted molar refractivity (Wildman–Crippen MR) is 102 cm³/mol. The number of urea groups is 1. The van der Waals surface area contributed by atoms with Crippen molar-refractivity contribution in [3.8, 4) is 0 Å². The van der Waals surface area contributed by atoms with E-state index in [-0.39, 0.29) is 24.5 Å². The highest BCUT2D eigenvalue weighted by atomic mass is 16.3. The molecule has 4 heteroatoms. The number of hydrogen-bond donors (Lipinski definition) is 2. The van der Waals surface area contributed by atoms with Crippen LogP contribution in [0.15, 0.2) is 60.7 Å². The summed E-state index contributed by atoms with van der Waals surface area (Å²) in [6, 6.07) is 20.1. The van der Waals surface area contributed by atoms with Gasteiger partial charge in [0.25, 0.3) is 0 Å². The summed E-state index contributed by atoms with van der Waals surface area (Å²) in [5.41, 5.74) is 1.39. The van der Waals surface area contributed by atoms with E-state index in [1.54, 1.807) is 20.9 Å². The molecule has 0 saturated carbocycles. The number of likely N-dealkylation sites (N-methyl/N-ethyl adjacent to an activating group) is 1. The van der Waals surface area contributed by atoms with Crippen molar-refractivity contribution in [2.75, 3.05) is 13.6 Å². The zero-order valence-corrected chi connectivity index (χ0v) is 15.4. The fourth-order valence-electron chi connectivity index (χ4n) is 3.13. The normalized spacial score (nSPS) is 12.7. The fraction of sp³-hybridized carbons (Fsp3) is 0.381. The van der Waals surface area contributed by atoms with Crippen molar-refractivity contribution in [3.63, 3.8) is 0 Å². The lowest BCUT2D eigenvalue weighted by Gasteiger charge is -2.30. The Labute approximate surface area is 150 Å². The minimum atomic E-state index is -0.923. The van der Waals surface area contributed by atoms with Gasteiger partial charge in [-0.25, -0.2) is 4.79 Å². The minimum Gasteiger partial charge on any atom is -0.389 e. The van der Waals surface area contributed by atoms with Gasteiger partial charge in [0.05, 0.1) is 12.1 Å². The molecule has 0 aliphatic heterocycles. The van der Waals surface area contributed by atoms with Crippen LogP contribution in [0.4, 0.5) is 4.79 Å². The van der Waals surface area contributed by atoms with Crippen molar-refractivity contribution < 1.29 is 9.90 Å². The van der Waals surface area contributed by atoms with E-state index in [1.807, 2.05) is 43.3 Å². The molecule has 2 N–H and O–H groups in total. The Balaban J connectivity index is 2.19. The van der Waals surface area contributed by atoms with Crippen molar-refractivity contribution in [1.29, 1.82) is 0 Å². The second kappa shape index (κ2) is 8.17. The minimum absolute atomic E-state index is 0.0573. The van der Waals surface area contributed by atoms with E-state index in [1.165, 1.54) is 4.90 Å². The van der Waals surface area contributed by atoms with Crippen LogP contribution >= 0.6 is 0 Å². The summed E-state index contributed by atoms with van der Waals surface area (Å²) in [5, 5.41) is 13.0.